The van der Waals surface area contributed by atoms with Crippen molar-refractivity contribution in [3.05, 3.63) is 88.7 Å². The molecule has 0 saturated heterocycles. The van der Waals surface area contributed by atoms with Gasteiger partial charge in [0.15, 0.2) is 11.5 Å². The van der Waals surface area contributed by atoms with E-state index in [1.54, 1.807) is 6.07 Å². The average Bonchev–Trinajstić information content (AvgIpc) is 2.85. The van der Waals surface area contributed by atoms with Crippen LogP contribution in [-0.2, 0) is 11.0 Å². The lowest BCUT2D eigenvalue weighted by Crippen LogP contribution is -2.44. The van der Waals surface area contributed by atoms with Crippen LogP contribution >= 0.6 is 0 Å². The summed E-state index contributed by atoms with van der Waals surface area (Å²) in [6, 6.07) is 11.6. The first-order valence-corrected chi connectivity index (χ1v) is 10.8. The first kappa shape index (κ1) is 25.0. The number of hydrogen-bond acceptors (Lipinski definition) is 4. The van der Waals surface area contributed by atoms with Gasteiger partial charge in [-0.15, -0.1) is 0 Å². The second kappa shape index (κ2) is 9.52. The molecule has 0 fully saturated rings. The van der Waals surface area contributed by atoms with Gasteiger partial charge in [-0.25, -0.2) is 4.39 Å². The summed E-state index contributed by atoms with van der Waals surface area (Å²) in [6.45, 7) is 0. The average molecular weight is 502 g/mol. The summed E-state index contributed by atoms with van der Waals surface area (Å²) in [5.74, 6) is -2.31. The van der Waals surface area contributed by atoms with Crippen LogP contribution in [0.15, 0.2) is 60.7 Å². The van der Waals surface area contributed by atoms with Gasteiger partial charge in [0.25, 0.3) is 5.91 Å². The van der Waals surface area contributed by atoms with E-state index in [9.17, 15) is 27.2 Å². The molecule has 1 aliphatic heterocycles. The summed E-state index contributed by atoms with van der Waals surface area (Å²) in [6.07, 6.45) is -4.53. The molecule has 1 heterocycles. The van der Waals surface area contributed by atoms with Crippen LogP contribution in [0.1, 0.15) is 39.0 Å². The zero-order valence-corrected chi connectivity index (χ0v) is 19.5. The number of methoxy groups -OCH3 is 2. The van der Waals surface area contributed by atoms with Crippen LogP contribution in [0.25, 0.3) is 0 Å². The standard InChI is InChI=1S/C26H22F4N2O4/c1-32-23(16-6-4-5-7-19(16)27)22(17-12-20(35-2)21(36-3)13-18(17)25(32)34)24(33)31-15-10-8-14(9-11-15)26(28,29)30/h4-13,22-23H,1-3H3,(H,31,33)/t22-,23+/m0/s1. The molecule has 1 N–H and O–H groups in total. The summed E-state index contributed by atoms with van der Waals surface area (Å²) >= 11 is 0. The number of likely N-dealkylation sites (N-methyl/N-ethyl adjacent to an activating group) is 1. The van der Waals surface area contributed by atoms with Crippen LogP contribution in [0.2, 0.25) is 0 Å². The minimum absolute atomic E-state index is 0.112. The fourth-order valence-corrected chi connectivity index (χ4v) is 4.40. The zero-order chi connectivity index (χ0) is 26.2. The summed E-state index contributed by atoms with van der Waals surface area (Å²) in [7, 11) is 4.25. The summed E-state index contributed by atoms with van der Waals surface area (Å²) in [5.41, 5.74) is -0.207. The minimum Gasteiger partial charge on any atom is -0.493 e. The molecule has 0 aromatic heterocycles. The molecule has 0 aliphatic carbocycles. The second-order valence-electron chi connectivity index (χ2n) is 8.22. The molecule has 0 radical (unpaired) electrons. The second-order valence-corrected chi connectivity index (χ2v) is 8.22. The molecular formula is C26H22F4N2O4. The van der Waals surface area contributed by atoms with E-state index in [2.05, 4.69) is 5.32 Å². The first-order chi connectivity index (χ1) is 17.1. The van der Waals surface area contributed by atoms with Crippen LogP contribution in [0, 0.1) is 5.82 Å². The quantitative estimate of drug-likeness (QED) is 0.474. The Morgan fingerprint density at radius 3 is 2.14 bits per heavy atom. The van der Waals surface area contributed by atoms with Crippen LogP contribution in [-0.4, -0.2) is 38.0 Å². The van der Waals surface area contributed by atoms with Crippen LogP contribution < -0.4 is 14.8 Å². The van der Waals surface area contributed by atoms with Crippen molar-refractivity contribution in [3.8, 4) is 11.5 Å². The lowest BCUT2D eigenvalue weighted by Gasteiger charge is -2.40. The number of nitrogens with zero attached hydrogens (tertiary/aromatic N) is 1. The number of carbonyl (C=O) groups is 2. The molecule has 1 aliphatic rings. The maximum absolute atomic E-state index is 14.9. The van der Waals surface area contributed by atoms with Crippen LogP contribution in [0.5, 0.6) is 11.5 Å². The molecule has 6 nitrogen and oxygen atoms in total. The molecule has 10 heteroatoms. The van der Waals surface area contributed by atoms with E-state index in [0.29, 0.717) is 0 Å². The van der Waals surface area contributed by atoms with Gasteiger partial charge in [0.05, 0.1) is 31.7 Å². The van der Waals surface area contributed by atoms with Gasteiger partial charge in [-0.3, -0.25) is 9.59 Å². The van der Waals surface area contributed by atoms with Crippen molar-refractivity contribution in [2.45, 2.75) is 18.1 Å². The number of fused-ring (bicyclic) bond motifs is 1. The van der Waals surface area contributed by atoms with E-state index in [1.807, 2.05) is 0 Å². The van der Waals surface area contributed by atoms with Crippen molar-refractivity contribution < 1.29 is 36.6 Å². The van der Waals surface area contributed by atoms with E-state index >= 15 is 0 Å². The van der Waals surface area contributed by atoms with Crippen molar-refractivity contribution in [2.24, 2.45) is 0 Å². The maximum Gasteiger partial charge on any atom is 0.416 e. The molecular weight excluding hydrogens is 480 g/mol. The highest BCUT2D eigenvalue weighted by molar-refractivity contribution is 6.05. The number of carbonyl (C=O) groups excluding carboxylic acids is 2. The lowest BCUT2D eigenvalue weighted by atomic mass is 9.79. The monoisotopic (exact) mass is 502 g/mol. The Kier molecular flexibility index (Phi) is 6.62. The van der Waals surface area contributed by atoms with Gasteiger partial charge in [0.1, 0.15) is 5.82 Å². The molecule has 0 saturated carbocycles. The lowest BCUT2D eigenvalue weighted by molar-refractivity contribution is -0.137. The van der Waals surface area contributed by atoms with Crippen LogP contribution in [0.3, 0.4) is 0 Å². The Hall–Kier alpha value is -4.08. The van der Waals surface area contributed by atoms with Gasteiger partial charge in [-0.1, -0.05) is 18.2 Å². The smallest absolute Gasteiger partial charge is 0.416 e. The van der Waals surface area contributed by atoms with Crippen molar-refractivity contribution in [3.63, 3.8) is 0 Å². The Balaban J connectivity index is 1.84. The number of anilines is 1. The number of ether oxygens (including phenoxy) is 2. The first-order valence-electron chi connectivity index (χ1n) is 10.8. The molecule has 2 amide bonds. The fraction of sp³-hybridized carbons (Fsp3) is 0.231. The molecule has 3 aromatic carbocycles. The number of halogens is 4. The third kappa shape index (κ3) is 4.46. The number of nitrogens with one attached hydrogen (secondary N) is 1. The van der Waals surface area contributed by atoms with Crippen LogP contribution in [0.4, 0.5) is 23.2 Å². The Morgan fingerprint density at radius 2 is 1.56 bits per heavy atom. The van der Waals surface area contributed by atoms with Gasteiger partial charge < -0.3 is 19.7 Å². The Bertz CT molecular complexity index is 1310. The van der Waals surface area contributed by atoms with Crippen molar-refractivity contribution in [1.82, 2.24) is 4.90 Å². The molecule has 4 rings (SSSR count). The minimum atomic E-state index is -4.53. The van der Waals surface area contributed by atoms with E-state index in [4.69, 9.17) is 9.47 Å². The number of benzene rings is 3. The van der Waals surface area contributed by atoms with E-state index in [0.717, 1.165) is 24.3 Å². The third-order valence-electron chi connectivity index (χ3n) is 6.16. The van der Waals surface area contributed by atoms with Crippen molar-refractivity contribution >= 4 is 17.5 Å². The highest BCUT2D eigenvalue weighted by Gasteiger charge is 2.44. The number of hydrogen-bond donors (Lipinski definition) is 1. The third-order valence-corrected chi connectivity index (χ3v) is 6.16. The number of rotatable bonds is 5. The summed E-state index contributed by atoms with van der Waals surface area (Å²) in [5, 5.41) is 2.61. The normalized spacial score (nSPS) is 17.4. The Morgan fingerprint density at radius 1 is 0.944 bits per heavy atom. The zero-order valence-electron chi connectivity index (χ0n) is 19.5. The van der Waals surface area contributed by atoms with E-state index in [1.165, 1.54) is 56.5 Å². The van der Waals surface area contributed by atoms with Gasteiger partial charge in [-0.05, 0) is 48.0 Å². The number of alkyl halides is 3. The summed E-state index contributed by atoms with van der Waals surface area (Å²) < 4.78 is 64.4. The molecule has 188 valence electrons. The predicted molar refractivity (Wildman–Crippen MR) is 124 cm³/mol. The Labute approximate surface area is 204 Å². The molecule has 2 atom stereocenters. The molecule has 0 spiro atoms. The van der Waals surface area contributed by atoms with Gasteiger partial charge in [0.2, 0.25) is 5.91 Å². The number of amides is 2. The maximum atomic E-state index is 14.9. The van der Waals surface area contributed by atoms with Crippen molar-refractivity contribution in [1.29, 1.82) is 0 Å². The van der Waals surface area contributed by atoms with Gasteiger partial charge >= 0.3 is 6.18 Å². The summed E-state index contributed by atoms with van der Waals surface area (Å²) in [4.78, 5) is 28.2. The topological polar surface area (TPSA) is 67.9 Å². The van der Waals surface area contributed by atoms with E-state index in [-0.39, 0.29) is 33.9 Å². The van der Waals surface area contributed by atoms with E-state index < -0.39 is 41.3 Å². The fourth-order valence-electron chi connectivity index (χ4n) is 4.40. The molecule has 3 aromatic rings. The van der Waals surface area contributed by atoms with Gasteiger partial charge in [-0.2, -0.15) is 13.2 Å². The highest BCUT2D eigenvalue weighted by atomic mass is 19.4. The molecule has 0 bridgehead atoms. The predicted octanol–water partition coefficient (Wildman–Crippen LogP) is 5.41. The molecule has 36 heavy (non-hydrogen) atoms. The molecule has 0 unspecified atom stereocenters. The SMILES string of the molecule is COc1cc2c(cc1OC)[C@H](C(=O)Nc1ccc(C(F)(F)F)cc1)[C@@H](c1ccccc1F)N(C)C2=O. The van der Waals surface area contributed by atoms with Gasteiger partial charge in [0, 0.05) is 23.9 Å². The largest absolute Gasteiger partial charge is 0.493 e. The highest BCUT2D eigenvalue weighted by Crippen LogP contribution is 2.46. The van der Waals surface area contributed by atoms with Crippen molar-refractivity contribution in [2.75, 3.05) is 26.6 Å².